The summed E-state index contributed by atoms with van der Waals surface area (Å²) in [6.45, 7) is 2.00. The Balaban J connectivity index is 1.80. The molecule has 0 atom stereocenters. The molecule has 0 radical (unpaired) electrons. The van der Waals surface area contributed by atoms with E-state index in [-0.39, 0.29) is 5.91 Å². The summed E-state index contributed by atoms with van der Waals surface area (Å²) in [5, 5.41) is 7.24. The third kappa shape index (κ3) is 6.04. The van der Waals surface area contributed by atoms with Crippen molar-refractivity contribution in [3.8, 4) is 0 Å². The molecule has 0 spiro atoms. The first-order valence-corrected chi connectivity index (χ1v) is 16.1. The molecule has 1 N–H and O–H groups in total. The topological polar surface area (TPSA) is 29.1 Å². The van der Waals surface area contributed by atoms with E-state index in [1.54, 1.807) is 0 Å². The predicted molar refractivity (Wildman–Crippen MR) is 174 cm³/mol. The smallest absolute Gasteiger partial charge is 0.258 e. The molecule has 0 aliphatic rings. The van der Waals surface area contributed by atoms with Gasteiger partial charge in [-0.3, -0.25) is 10.1 Å². The molecule has 0 unspecified atom stereocenters. The summed E-state index contributed by atoms with van der Waals surface area (Å²) in [5.41, 5.74) is 2.34. The van der Waals surface area contributed by atoms with Gasteiger partial charge < -0.3 is 0 Å². The van der Waals surface area contributed by atoms with Crippen molar-refractivity contribution < 1.29 is 4.79 Å². The van der Waals surface area contributed by atoms with Crippen LogP contribution in [0.3, 0.4) is 0 Å². The molecule has 0 saturated carbocycles. The van der Waals surface area contributed by atoms with Crippen LogP contribution in [0.25, 0.3) is 0 Å². The zero-order valence-corrected chi connectivity index (χ0v) is 25.0. The second-order valence-electron chi connectivity index (χ2n) is 9.18. The third-order valence-corrected chi connectivity index (χ3v) is 12.6. The Morgan fingerprint density at radius 2 is 1.10 bits per heavy atom. The highest BCUT2D eigenvalue weighted by molar-refractivity contribution is 8.06. The minimum atomic E-state index is -2.68. The summed E-state index contributed by atoms with van der Waals surface area (Å²) in [5.74, 6) is -0.211. The van der Waals surface area contributed by atoms with Crippen molar-refractivity contribution in [2.75, 3.05) is 0 Å². The molecule has 5 aromatic carbocycles. The zero-order valence-electron chi connectivity index (χ0n) is 21.8. The molecule has 1 amide bonds. The lowest BCUT2D eigenvalue weighted by Gasteiger charge is -2.30. The molecule has 40 heavy (non-hydrogen) atoms. The van der Waals surface area contributed by atoms with Gasteiger partial charge in [0.1, 0.15) is 20.3 Å². The quantitative estimate of drug-likeness (QED) is 0.143. The fourth-order valence-electron chi connectivity index (χ4n) is 4.59. The Hall–Kier alpha value is -3.33. The minimum absolute atomic E-state index is 0.211. The van der Waals surface area contributed by atoms with Crippen LogP contribution in [0.4, 0.5) is 0 Å². The second-order valence-corrected chi connectivity index (χ2v) is 14.6. The van der Waals surface area contributed by atoms with Gasteiger partial charge in [0.15, 0.2) is 7.26 Å². The minimum Gasteiger partial charge on any atom is -0.290 e. The Kier molecular flexibility index (Phi) is 9.09. The molecule has 0 bridgehead atoms. The van der Waals surface area contributed by atoms with Gasteiger partial charge in [0, 0.05) is 15.5 Å². The molecule has 2 nitrogen and oxygen atoms in total. The molecular weight excluding hydrogens is 572 g/mol. The fourth-order valence-corrected chi connectivity index (χ4v) is 10.6. The molecule has 5 rings (SSSR count). The molecule has 0 aromatic heterocycles. The number of halogens is 2. The maximum absolute atomic E-state index is 13.9. The molecule has 0 aliphatic heterocycles. The van der Waals surface area contributed by atoms with E-state index in [1.807, 2.05) is 110 Å². The van der Waals surface area contributed by atoms with E-state index >= 15 is 0 Å². The van der Waals surface area contributed by atoms with Gasteiger partial charge in [-0.1, -0.05) is 107 Å². The van der Waals surface area contributed by atoms with Crippen LogP contribution in [0.1, 0.15) is 15.9 Å². The van der Waals surface area contributed by atoms with E-state index < -0.39 is 7.26 Å². The number of thioether (sulfide) groups is 1. The van der Waals surface area contributed by atoms with Crippen molar-refractivity contribution in [3.05, 3.63) is 165 Å². The van der Waals surface area contributed by atoms with Crippen molar-refractivity contribution in [2.24, 2.45) is 0 Å². The van der Waals surface area contributed by atoms with E-state index in [1.165, 1.54) is 11.8 Å². The van der Waals surface area contributed by atoms with E-state index in [9.17, 15) is 4.79 Å². The number of rotatable bonds is 8. The standard InChI is InChI=1S/C34H26Cl2NOPS/c1-25-17-19-26(20-18-25)33(38)37-34(32(36)40-31-23-21-27(35)22-24-31)39(28-11-5-2-6-12-28,29-13-7-3-8-14-29)30-15-9-4-10-16-30/h2-24H,1H3/p+1/b34-32+. The average molecular weight is 600 g/mol. The van der Waals surface area contributed by atoms with Crippen LogP contribution in [-0.4, -0.2) is 5.91 Å². The normalized spacial score (nSPS) is 12.0. The summed E-state index contributed by atoms with van der Waals surface area (Å²) in [6.07, 6.45) is 0. The maximum Gasteiger partial charge on any atom is 0.258 e. The van der Waals surface area contributed by atoms with Crippen LogP contribution in [0.5, 0.6) is 0 Å². The Bertz CT molecular complexity index is 1510. The summed E-state index contributed by atoms with van der Waals surface area (Å²) < 4.78 is 0.493. The monoisotopic (exact) mass is 598 g/mol. The van der Waals surface area contributed by atoms with Crippen molar-refractivity contribution in [1.29, 1.82) is 0 Å². The van der Waals surface area contributed by atoms with Gasteiger partial charge in [-0.05, 0) is 79.7 Å². The van der Waals surface area contributed by atoms with Gasteiger partial charge in [0.25, 0.3) is 5.91 Å². The fraction of sp³-hybridized carbons (Fsp3) is 0.0294. The molecule has 0 fully saturated rings. The van der Waals surface area contributed by atoms with E-state index in [0.29, 0.717) is 20.4 Å². The van der Waals surface area contributed by atoms with Crippen LogP contribution in [0, 0.1) is 6.92 Å². The lowest BCUT2D eigenvalue weighted by molar-refractivity contribution is 0.0968. The number of carbonyl (C=O) groups excluding carboxylic acids is 1. The largest absolute Gasteiger partial charge is 0.290 e. The van der Waals surface area contributed by atoms with Crippen LogP contribution in [0.2, 0.25) is 5.02 Å². The Morgan fingerprint density at radius 1 is 0.650 bits per heavy atom. The Morgan fingerprint density at radius 3 is 1.55 bits per heavy atom. The van der Waals surface area contributed by atoms with Crippen molar-refractivity contribution in [1.82, 2.24) is 5.32 Å². The van der Waals surface area contributed by atoms with Crippen LogP contribution in [-0.2, 0) is 0 Å². The van der Waals surface area contributed by atoms with Gasteiger partial charge in [-0.2, -0.15) is 0 Å². The highest BCUT2D eigenvalue weighted by Gasteiger charge is 2.52. The van der Waals surface area contributed by atoms with E-state index in [0.717, 1.165) is 26.4 Å². The maximum atomic E-state index is 13.9. The molecule has 198 valence electrons. The highest BCUT2D eigenvalue weighted by atomic mass is 35.5. The number of amides is 1. The summed E-state index contributed by atoms with van der Waals surface area (Å²) in [6, 6.07) is 46.1. The van der Waals surface area contributed by atoms with Crippen molar-refractivity contribution in [2.45, 2.75) is 11.8 Å². The summed E-state index contributed by atoms with van der Waals surface area (Å²) in [7, 11) is -2.68. The zero-order chi connectivity index (χ0) is 28.0. The van der Waals surface area contributed by atoms with Crippen LogP contribution < -0.4 is 21.2 Å². The van der Waals surface area contributed by atoms with Gasteiger partial charge in [-0.15, -0.1) is 0 Å². The summed E-state index contributed by atoms with van der Waals surface area (Å²) in [4.78, 5) is 14.8. The van der Waals surface area contributed by atoms with E-state index in [4.69, 9.17) is 23.2 Å². The summed E-state index contributed by atoms with van der Waals surface area (Å²) >= 11 is 14.9. The average Bonchev–Trinajstić information content (AvgIpc) is 3.00. The number of hydrogen-bond acceptors (Lipinski definition) is 2. The van der Waals surface area contributed by atoms with E-state index in [2.05, 4.69) is 41.7 Å². The lowest BCUT2D eigenvalue weighted by atomic mass is 10.1. The van der Waals surface area contributed by atoms with Crippen LogP contribution >= 0.6 is 42.2 Å². The SMILES string of the molecule is Cc1ccc(C(=O)N/C(=C(/Cl)Sc2ccc(Cl)cc2)[P+](c2ccccc2)(c2ccccc2)c2ccccc2)cc1. The number of benzene rings is 5. The van der Waals surface area contributed by atoms with Gasteiger partial charge in [0.2, 0.25) is 5.44 Å². The Labute approximate surface area is 250 Å². The first-order chi connectivity index (χ1) is 19.5. The number of aryl methyl sites for hydroxylation is 1. The molecule has 6 heteroatoms. The number of hydrogen-bond donors (Lipinski definition) is 1. The molecule has 0 heterocycles. The molecule has 0 aliphatic carbocycles. The highest BCUT2D eigenvalue weighted by Crippen LogP contribution is 2.64. The first kappa shape index (κ1) is 28.2. The molecule has 5 aromatic rings. The number of nitrogens with one attached hydrogen (secondary N) is 1. The molecule has 0 saturated heterocycles. The number of carbonyl (C=O) groups is 1. The van der Waals surface area contributed by atoms with Gasteiger partial charge in [-0.25, -0.2) is 0 Å². The van der Waals surface area contributed by atoms with Crippen molar-refractivity contribution in [3.63, 3.8) is 0 Å². The van der Waals surface area contributed by atoms with Crippen LogP contribution in [0.15, 0.2) is 154 Å². The first-order valence-electron chi connectivity index (χ1n) is 12.8. The van der Waals surface area contributed by atoms with Crippen molar-refractivity contribution >= 4 is 64.0 Å². The van der Waals surface area contributed by atoms with Gasteiger partial charge in [0.05, 0.1) is 0 Å². The third-order valence-electron chi connectivity index (χ3n) is 6.52. The second kappa shape index (κ2) is 12.9. The molecular formula is C34H27Cl2NOPS+. The lowest BCUT2D eigenvalue weighted by Crippen LogP contribution is -2.38. The van der Waals surface area contributed by atoms with Gasteiger partial charge >= 0.3 is 0 Å². The predicted octanol–water partition coefficient (Wildman–Crippen LogP) is 8.53.